The van der Waals surface area contributed by atoms with Gasteiger partial charge in [-0.05, 0) is 18.2 Å². The van der Waals surface area contributed by atoms with Crippen LogP contribution in [0.1, 0.15) is 0 Å². The molecule has 1 aromatic heterocycles. The van der Waals surface area contributed by atoms with Crippen LogP contribution >= 0.6 is 0 Å². The smallest absolute Gasteiger partial charge is 0.268 e. The third kappa shape index (κ3) is 2.30. The van der Waals surface area contributed by atoms with E-state index in [1.165, 1.54) is 30.6 Å². The average molecular weight is 216 g/mol. The summed E-state index contributed by atoms with van der Waals surface area (Å²) in [5, 5.41) is 26.0. The van der Waals surface area contributed by atoms with Gasteiger partial charge in [-0.2, -0.15) is 0 Å². The fourth-order valence-electron chi connectivity index (χ4n) is 1.04. The van der Waals surface area contributed by atoms with Gasteiger partial charge in [-0.1, -0.05) is 0 Å². The highest BCUT2D eigenvalue weighted by Crippen LogP contribution is 2.30. The Morgan fingerprint density at radius 3 is 2.44 bits per heavy atom. The van der Waals surface area contributed by atoms with E-state index in [1.807, 2.05) is 0 Å². The first-order valence-corrected chi connectivity index (χ1v) is 4.46. The van der Waals surface area contributed by atoms with Crippen LogP contribution in [-0.2, 0) is 0 Å². The van der Waals surface area contributed by atoms with Crippen LogP contribution in [0.4, 0.5) is 11.6 Å². The average Bonchev–Trinajstić information content (AvgIpc) is 2.29. The van der Waals surface area contributed by atoms with Crippen LogP contribution in [0.25, 0.3) is 0 Å². The van der Waals surface area contributed by atoms with Crippen LogP contribution in [0, 0.1) is 0 Å². The highest BCUT2D eigenvalue weighted by atomic mass is 16.3. The van der Waals surface area contributed by atoms with Crippen molar-refractivity contribution in [3.05, 3.63) is 36.7 Å². The maximum atomic E-state index is 9.41. The van der Waals surface area contributed by atoms with E-state index >= 15 is 0 Å². The van der Waals surface area contributed by atoms with Gasteiger partial charge in [0.1, 0.15) is 17.2 Å². The van der Waals surface area contributed by atoms with Crippen molar-refractivity contribution in [1.29, 1.82) is 0 Å². The molecule has 6 heteroatoms. The lowest BCUT2D eigenvalue weighted by molar-refractivity contribution is 0.451. The lowest BCUT2D eigenvalue weighted by Gasteiger charge is -1.97. The third-order valence-electron chi connectivity index (χ3n) is 1.76. The molecule has 0 saturated carbocycles. The second-order valence-electron chi connectivity index (χ2n) is 2.92. The lowest BCUT2D eigenvalue weighted by atomic mass is 10.3. The number of aromatic nitrogens is 2. The van der Waals surface area contributed by atoms with Crippen molar-refractivity contribution in [3.8, 4) is 11.5 Å². The van der Waals surface area contributed by atoms with Crippen LogP contribution in [0.5, 0.6) is 11.5 Å². The molecule has 1 heterocycles. The van der Waals surface area contributed by atoms with Gasteiger partial charge in [0, 0.05) is 18.5 Å². The second kappa shape index (κ2) is 4.35. The standard InChI is InChI=1S/C10H8N4O2/c15-7-2-3-8(9(16)6-7)13-14-10-11-4-1-5-12-10/h1-6,15-16H. The summed E-state index contributed by atoms with van der Waals surface area (Å²) in [5.74, 6) is 0.0158. The second-order valence-corrected chi connectivity index (χ2v) is 2.92. The Hall–Kier alpha value is -2.50. The number of aromatic hydroxyl groups is 2. The van der Waals surface area contributed by atoms with E-state index in [1.54, 1.807) is 6.07 Å². The van der Waals surface area contributed by atoms with Gasteiger partial charge in [-0.25, -0.2) is 9.97 Å². The molecule has 0 fully saturated rings. The largest absolute Gasteiger partial charge is 0.508 e. The van der Waals surface area contributed by atoms with Gasteiger partial charge in [0.25, 0.3) is 5.95 Å². The summed E-state index contributed by atoms with van der Waals surface area (Å²) >= 11 is 0. The zero-order chi connectivity index (χ0) is 11.4. The Morgan fingerprint density at radius 2 is 1.75 bits per heavy atom. The number of rotatable bonds is 2. The summed E-state index contributed by atoms with van der Waals surface area (Å²) in [5.41, 5.74) is 0.241. The van der Waals surface area contributed by atoms with Crippen molar-refractivity contribution in [2.45, 2.75) is 0 Å². The van der Waals surface area contributed by atoms with Gasteiger partial charge >= 0.3 is 0 Å². The minimum atomic E-state index is -0.153. The molecule has 0 aliphatic heterocycles. The maximum Gasteiger partial charge on any atom is 0.268 e. The Morgan fingerprint density at radius 1 is 1.00 bits per heavy atom. The number of azo groups is 1. The van der Waals surface area contributed by atoms with Gasteiger partial charge in [-0.3, -0.25) is 0 Å². The summed E-state index contributed by atoms with van der Waals surface area (Å²) in [6.07, 6.45) is 3.08. The predicted octanol–water partition coefficient (Wildman–Crippen LogP) is 2.30. The molecule has 2 N–H and O–H groups in total. The summed E-state index contributed by atoms with van der Waals surface area (Å²) in [6.45, 7) is 0. The molecular formula is C10H8N4O2. The molecule has 2 rings (SSSR count). The number of benzene rings is 1. The quantitative estimate of drug-likeness (QED) is 0.753. The van der Waals surface area contributed by atoms with Crippen molar-refractivity contribution in [3.63, 3.8) is 0 Å². The Bertz CT molecular complexity index is 513. The minimum Gasteiger partial charge on any atom is -0.508 e. The van der Waals surface area contributed by atoms with E-state index in [2.05, 4.69) is 20.2 Å². The normalized spacial score (nSPS) is 10.8. The van der Waals surface area contributed by atoms with E-state index in [-0.39, 0.29) is 23.1 Å². The molecule has 0 aliphatic rings. The van der Waals surface area contributed by atoms with Gasteiger partial charge in [0.05, 0.1) is 0 Å². The Kier molecular flexibility index (Phi) is 2.73. The minimum absolute atomic E-state index is 0.0348. The van der Waals surface area contributed by atoms with E-state index in [0.717, 1.165) is 0 Å². The summed E-state index contributed by atoms with van der Waals surface area (Å²) in [7, 11) is 0. The first-order valence-electron chi connectivity index (χ1n) is 4.46. The number of phenolic OH excluding ortho intramolecular Hbond substituents is 2. The van der Waals surface area contributed by atoms with Crippen molar-refractivity contribution < 1.29 is 10.2 Å². The maximum absolute atomic E-state index is 9.41. The molecule has 0 spiro atoms. The van der Waals surface area contributed by atoms with E-state index in [9.17, 15) is 5.11 Å². The Labute approximate surface area is 91.0 Å². The molecule has 80 valence electrons. The van der Waals surface area contributed by atoms with Crippen molar-refractivity contribution in [1.82, 2.24) is 9.97 Å². The van der Waals surface area contributed by atoms with Gasteiger partial charge in [0.15, 0.2) is 0 Å². The van der Waals surface area contributed by atoms with E-state index < -0.39 is 0 Å². The van der Waals surface area contributed by atoms with Crippen LogP contribution < -0.4 is 0 Å². The fourth-order valence-corrected chi connectivity index (χ4v) is 1.04. The van der Waals surface area contributed by atoms with E-state index in [4.69, 9.17) is 5.11 Å². The Balaban J connectivity index is 2.24. The zero-order valence-corrected chi connectivity index (χ0v) is 8.15. The highest BCUT2D eigenvalue weighted by Gasteiger charge is 2.00. The van der Waals surface area contributed by atoms with Crippen molar-refractivity contribution >= 4 is 11.6 Å². The molecule has 1 aromatic carbocycles. The molecule has 6 nitrogen and oxygen atoms in total. The molecule has 0 atom stereocenters. The van der Waals surface area contributed by atoms with Gasteiger partial charge in [-0.15, -0.1) is 10.2 Å². The molecule has 0 radical (unpaired) electrons. The summed E-state index contributed by atoms with van der Waals surface area (Å²) < 4.78 is 0. The first kappa shape index (κ1) is 10.0. The summed E-state index contributed by atoms with van der Waals surface area (Å²) in [6, 6.07) is 5.69. The van der Waals surface area contributed by atoms with Crippen LogP contribution in [-0.4, -0.2) is 20.2 Å². The van der Waals surface area contributed by atoms with Crippen LogP contribution in [0.15, 0.2) is 46.9 Å². The van der Waals surface area contributed by atoms with Gasteiger partial charge in [0.2, 0.25) is 0 Å². The molecular weight excluding hydrogens is 208 g/mol. The third-order valence-corrected chi connectivity index (χ3v) is 1.76. The fraction of sp³-hybridized carbons (Fsp3) is 0. The first-order chi connectivity index (χ1) is 7.75. The molecule has 16 heavy (non-hydrogen) atoms. The summed E-state index contributed by atoms with van der Waals surface area (Å²) in [4.78, 5) is 7.68. The van der Waals surface area contributed by atoms with Crippen molar-refractivity contribution in [2.24, 2.45) is 10.2 Å². The lowest BCUT2D eigenvalue weighted by Crippen LogP contribution is -1.75. The molecule has 0 saturated heterocycles. The molecule has 2 aromatic rings. The highest BCUT2D eigenvalue weighted by molar-refractivity contribution is 5.53. The van der Waals surface area contributed by atoms with E-state index in [0.29, 0.717) is 0 Å². The van der Waals surface area contributed by atoms with Gasteiger partial charge < -0.3 is 10.2 Å². The SMILES string of the molecule is Oc1ccc(N=Nc2ncccn2)c(O)c1. The molecule has 0 aliphatic carbocycles. The number of nitrogens with zero attached hydrogens (tertiary/aromatic N) is 4. The predicted molar refractivity (Wildman–Crippen MR) is 56.0 cm³/mol. The number of phenols is 2. The van der Waals surface area contributed by atoms with Crippen LogP contribution in [0.3, 0.4) is 0 Å². The number of hydrogen-bond donors (Lipinski definition) is 2. The zero-order valence-electron chi connectivity index (χ0n) is 8.15. The molecule has 0 amide bonds. The number of hydrogen-bond acceptors (Lipinski definition) is 6. The van der Waals surface area contributed by atoms with Crippen LogP contribution in [0.2, 0.25) is 0 Å². The monoisotopic (exact) mass is 216 g/mol. The van der Waals surface area contributed by atoms with Crippen molar-refractivity contribution in [2.75, 3.05) is 0 Å². The molecule has 0 unspecified atom stereocenters. The molecule has 0 bridgehead atoms. The topological polar surface area (TPSA) is 91.0 Å².